The summed E-state index contributed by atoms with van der Waals surface area (Å²) in [7, 11) is 0. The van der Waals surface area contributed by atoms with Crippen molar-refractivity contribution in [1.82, 2.24) is 9.80 Å². The highest BCUT2D eigenvalue weighted by atomic mass is 16.4. The maximum Gasteiger partial charge on any atom is 0.323 e. The van der Waals surface area contributed by atoms with E-state index in [1.54, 1.807) is 6.92 Å². The molecule has 1 unspecified atom stereocenters. The van der Waals surface area contributed by atoms with E-state index in [9.17, 15) is 19.5 Å². The molecule has 0 aromatic rings. The average molecular weight is 288 g/mol. The first-order valence-electron chi connectivity index (χ1n) is 6.41. The lowest BCUT2D eigenvalue weighted by molar-refractivity contribution is -0.140. The highest BCUT2D eigenvalue weighted by molar-refractivity contribution is 5.84. The first-order chi connectivity index (χ1) is 9.21. The van der Waals surface area contributed by atoms with E-state index >= 15 is 0 Å². The lowest BCUT2D eigenvalue weighted by Crippen LogP contribution is -2.48. The summed E-state index contributed by atoms with van der Waals surface area (Å²) in [6.45, 7) is 1.04. The minimum Gasteiger partial charge on any atom is -0.480 e. The van der Waals surface area contributed by atoms with Crippen molar-refractivity contribution in [1.29, 1.82) is 0 Å². The standard InChI is InChI=1S/C12H20N2O6/c1-12(20)3-2-5-13(6-4-12)11(19)14(7-9(15)16)8-10(17)18/h20H,2-8H2,1H3,(H,15,16)(H,17,18). The molecule has 0 radical (unpaired) electrons. The number of rotatable bonds is 4. The summed E-state index contributed by atoms with van der Waals surface area (Å²) >= 11 is 0. The molecular weight excluding hydrogens is 268 g/mol. The Balaban J connectivity index is 2.72. The van der Waals surface area contributed by atoms with Gasteiger partial charge < -0.3 is 25.1 Å². The summed E-state index contributed by atoms with van der Waals surface area (Å²) < 4.78 is 0. The van der Waals surface area contributed by atoms with Crippen molar-refractivity contribution in [2.24, 2.45) is 0 Å². The minimum absolute atomic E-state index is 0.279. The third kappa shape index (κ3) is 5.04. The third-order valence-corrected chi connectivity index (χ3v) is 3.26. The van der Waals surface area contributed by atoms with Gasteiger partial charge >= 0.3 is 18.0 Å². The van der Waals surface area contributed by atoms with Crippen LogP contribution in [0.1, 0.15) is 26.2 Å². The summed E-state index contributed by atoms with van der Waals surface area (Å²) in [5, 5.41) is 27.4. The maximum atomic E-state index is 12.2. The molecule has 0 aliphatic carbocycles. The molecule has 20 heavy (non-hydrogen) atoms. The summed E-state index contributed by atoms with van der Waals surface area (Å²) in [6, 6.07) is -0.618. The fourth-order valence-electron chi connectivity index (χ4n) is 2.17. The van der Waals surface area contributed by atoms with Crippen molar-refractivity contribution in [2.45, 2.75) is 31.8 Å². The number of carboxylic acids is 2. The van der Waals surface area contributed by atoms with E-state index in [-0.39, 0.29) is 6.54 Å². The van der Waals surface area contributed by atoms with Gasteiger partial charge in [0.1, 0.15) is 13.1 Å². The second-order valence-corrected chi connectivity index (χ2v) is 5.26. The Morgan fingerprint density at radius 3 is 2.15 bits per heavy atom. The Hall–Kier alpha value is -1.83. The smallest absolute Gasteiger partial charge is 0.323 e. The van der Waals surface area contributed by atoms with Gasteiger partial charge in [0.2, 0.25) is 0 Å². The SMILES string of the molecule is CC1(O)CCCN(C(=O)N(CC(=O)O)CC(=O)O)CC1. The van der Waals surface area contributed by atoms with Gasteiger partial charge in [0.15, 0.2) is 0 Å². The Kier molecular flexibility index (Phi) is 5.32. The molecule has 1 aliphatic rings. The van der Waals surface area contributed by atoms with E-state index in [4.69, 9.17) is 10.2 Å². The quantitative estimate of drug-likeness (QED) is 0.660. The fraction of sp³-hybridized carbons (Fsp3) is 0.750. The topological polar surface area (TPSA) is 118 Å². The van der Waals surface area contributed by atoms with E-state index in [2.05, 4.69) is 0 Å². The highest BCUT2D eigenvalue weighted by Crippen LogP contribution is 2.21. The van der Waals surface area contributed by atoms with Gasteiger partial charge in [0.05, 0.1) is 5.60 Å². The van der Waals surface area contributed by atoms with Crippen molar-refractivity contribution in [2.75, 3.05) is 26.2 Å². The van der Waals surface area contributed by atoms with Crippen molar-refractivity contribution >= 4 is 18.0 Å². The van der Waals surface area contributed by atoms with Crippen molar-refractivity contribution in [3.05, 3.63) is 0 Å². The Labute approximate surface area is 116 Å². The van der Waals surface area contributed by atoms with Crippen molar-refractivity contribution < 1.29 is 29.7 Å². The first-order valence-corrected chi connectivity index (χ1v) is 6.41. The number of carbonyl (C=O) groups is 3. The van der Waals surface area contributed by atoms with Crippen molar-refractivity contribution in [3.8, 4) is 0 Å². The molecule has 0 aromatic heterocycles. The molecule has 0 aromatic carbocycles. The Morgan fingerprint density at radius 1 is 1.10 bits per heavy atom. The number of hydrogen-bond acceptors (Lipinski definition) is 4. The van der Waals surface area contributed by atoms with Gasteiger partial charge in [0, 0.05) is 13.1 Å². The third-order valence-electron chi connectivity index (χ3n) is 3.26. The van der Waals surface area contributed by atoms with E-state index in [1.165, 1.54) is 4.90 Å². The lowest BCUT2D eigenvalue weighted by atomic mass is 9.98. The highest BCUT2D eigenvalue weighted by Gasteiger charge is 2.30. The van der Waals surface area contributed by atoms with Gasteiger partial charge in [0.25, 0.3) is 0 Å². The molecule has 3 N–H and O–H groups in total. The van der Waals surface area contributed by atoms with Crippen LogP contribution in [0.3, 0.4) is 0 Å². The van der Waals surface area contributed by atoms with Crippen LogP contribution in [0.15, 0.2) is 0 Å². The number of urea groups is 1. The summed E-state index contributed by atoms with van der Waals surface area (Å²) in [5.74, 6) is -2.53. The van der Waals surface area contributed by atoms with E-state index in [0.29, 0.717) is 25.8 Å². The van der Waals surface area contributed by atoms with Gasteiger partial charge in [-0.15, -0.1) is 0 Å². The van der Waals surface area contributed by atoms with Gasteiger partial charge in [-0.25, -0.2) is 4.79 Å². The Bertz CT molecular complexity index is 379. The van der Waals surface area contributed by atoms with Gasteiger partial charge in [-0.05, 0) is 26.2 Å². The number of likely N-dealkylation sites (tertiary alicyclic amines) is 1. The van der Waals surface area contributed by atoms with Crippen molar-refractivity contribution in [3.63, 3.8) is 0 Å². The van der Waals surface area contributed by atoms with Crippen LogP contribution in [0.4, 0.5) is 4.79 Å². The molecule has 2 amide bonds. The molecule has 1 atom stereocenters. The predicted molar refractivity (Wildman–Crippen MR) is 68.3 cm³/mol. The summed E-state index contributed by atoms with van der Waals surface area (Å²) in [4.78, 5) is 35.8. The molecule has 1 saturated heterocycles. The van der Waals surface area contributed by atoms with Crippen LogP contribution in [-0.2, 0) is 9.59 Å². The second-order valence-electron chi connectivity index (χ2n) is 5.26. The van der Waals surface area contributed by atoms with Crippen LogP contribution >= 0.6 is 0 Å². The van der Waals surface area contributed by atoms with Crippen LogP contribution in [0, 0.1) is 0 Å². The molecule has 1 fully saturated rings. The van der Waals surface area contributed by atoms with E-state index < -0.39 is 36.7 Å². The molecule has 0 spiro atoms. The van der Waals surface area contributed by atoms with E-state index in [0.717, 1.165) is 4.90 Å². The zero-order valence-corrected chi connectivity index (χ0v) is 11.4. The predicted octanol–water partition coefficient (Wildman–Crippen LogP) is -0.185. The number of carboxylic acid groups (broad SMARTS) is 2. The number of amides is 2. The zero-order valence-electron chi connectivity index (χ0n) is 11.4. The summed E-state index contributed by atoms with van der Waals surface area (Å²) in [5.41, 5.74) is -0.848. The molecular formula is C12H20N2O6. The van der Waals surface area contributed by atoms with Crippen LogP contribution in [0.2, 0.25) is 0 Å². The fourth-order valence-corrected chi connectivity index (χ4v) is 2.17. The number of carbonyl (C=O) groups excluding carboxylic acids is 1. The van der Waals surface area contributed by atoms with Gasteiger partial charge in [-0.2, -0.15) is 0 Å². The minimum atomic E-state index is -1.26. The molecule has 1 rings (SSSR count). The molecule has 114 valence electrons. The average Bonchev–Trinajstić information content (AvgIpc) is 2.47. The maximum absolute atomic E-state index is 12.2. The number of aliphatic carboxylic acids is 2. The normalized spacial score (nSPS) is 23.0. The van der Waals surface area contributed by atoms with Crippen LogP contribution < -0.4 is 0 Å². The molecule has 1 aliphatic heterocycles. The van der Waals surface area contributed by atoms with Gasteiger partial charge in [-0.1, -0.05) is 0 Å². The second kappa shape index (κ2) is 6.56. The van der Waals surface area contributed by atoms with Crippen LogP contribution in [0.25, 0.3) is 0 Å². The van der Waals surface area contributed by atoms with Crippen LogP contribution in [0.5, 0.6) is 0 Å². The van der Waals surface area contributed by atoms with Crippen LogP contribution in [-0.4, -0.2) is 74.9 Å². The zero-order chi connectivity index (χ0) is 15.3. The molecule has 1 heterocycles. The Morgan fingerprint density at radius 2 is 1.65 bits per heavy atom. The summed E-state index contributed by atoms with van der Waals surface area (Å²) in [6.07, 6.45) is 1.52. The van der Waals surface area contributed by atoms with Gasteiger partial charge in [-0.3, -0.25) is 9.59 Å². The number of aliphatic hydroxyl groups is 1. The molecule has 8 nitrogen and oxygen atoms in total. The largest absolute Gasteiger partial charge is 0.480 e. The van der Waals surface area contributed by atoms with E-state index in [1.807, 2.05) is 0 Å². The monoisotopic (exact) mass is 288 g/mol. The number of hydrogen-bond donors (Lipinski definition) is 3. The molecule has 0 bridgehead atoms. The lowest BCUT2D eigenvalue weighted by Gasteiger charge is -2.28. The number of nitrogens with zero attached hydrogens (tertiary/aromatic N) is 2. The molecule has 8 heteroatoms. The first kappa shape index (κ1) is 16.2. The molecule has 0 saturated carbocycles.